The summed E-state index contributed by atoms with van der Waals surface area (Å²) < 4.78 is 0. The van der Waals surface area contributed by atoms with Gasteiger partial charge in [0, 0.05) is 21.8 Å². The standard InChI is InChI=1S/C15H14ClNO/c1-9-3-5-11(7-13(9)16)15(18)12-6-4-10(2)14(17)8-12/h3-8H,17H2,1-2H3. The monoisotopic (exact) mass is 259 g/mol. The van der Waals surface area contributed by atoms with Gasteiger partial charge in [-0.25, -0.2) is 0 Å². The van der Waals surface area contributed by atoms with Gasteiger partial charge in [0.25, 0.3) is 0 Å². The van der Waals surface area contributed by atoms with Crippen molar-refractivity contribution < 1.29 is 4.79 Å². The highest BCUT2D eigenvalue weighted by molar-refractivity contribution is 6.31. The molecule has 0 heterocycles. The van der Waals surface area contributed by atoms with Crippen molar-refractivity contribution in [2.75, 3.05) is 5.73 Å². The highest BCUT2D eigenvalue weighted by Crippen LogP contribution is 2.21. The normalized spacial score (nSPS) is 10.4. The van der Waals surface area contributed by atoms with Gasteiger partial charge in [-0.05, 0) is 37.1 Å². The van der Waals surface area contributed by atoms with Gasteiger partial charge in [0.2, 0.25) is 0 Å². The number of anilines is 1. The lowest BCUT2D eigenvalue weighted by atomic mass is 10.0. The zero-order chi connectivity index (χ0) is 13.3. The van der Waals surface area contributed by atoms with Crippen molar-refractivity contribution in [1.29, 1.82) is 0 Å². The van der Waals surface area contributed by atoms with Crippen LogP contribution in [0.5, 0.6) is 0 Å². The first kappa shape index (κ1) is 12.7. The minimum Gasteiger partial charge on any atom is -0.398 e. The second kappa shape index (κ2) is 4.83. The highest BCUT2D eigenvalue weighted by Gasteiger charge is 2.11. The Kier molecular flexibility index (Phi) is 3.39. The third kappa shape index (κ3) is 2.39. The maximum absolute atomic E-state index is 12.3. The van der Waals surface area contributed by atoms with Crippen molar-refractivity contribution in [2.24, 2.45) is 0 Å². The van der Waals surface area contributed by atoms with E-state index in [2.05, 4.69) is 0 Å². The van der Waals surface area contributed by atoms with Crippen molar-refractivity contribution in [3.05, 3.63) is 63.7 Å². The molecule has 0 amide bonds. The van der Waals surface area contributed by atoms with Gasteiger partial charge >= 0.3 is 0 Å². The number of rotatable bonds is 2. The highest BCUT2D eigenvalue weighted by atomic mass is 35.5. The van der Waals surface area contributed by atoms with Crippen LogP contribution in [-0.4, -0.2) is 5.78 Å². The topological polar surface area (TPSA) is 43.1 Å². The van der Waals surface area contributed by atoms with E-state index in [1.54, 1.807) is 24.3 Å². The fourth-order valence-electron chi connectivity index (χ4n) is 1.68. The number of nitrogen functional groups attached to an aromatic ring is 1. The molecule has 2 aromatic rings. The van der Waals surface area contributed by atoms with E-state index in [0.717, 1.165) is 11.1 Å². The van der Waals surface area contributed by atoms with E-state index in [1.807, 2.05) is 26.0 Å². The largest absolute Gasteiger partial charge is 0.398 e. The number of hydrogen-bond acceptors (Lipinski definition) is 2. The lowest BCUT2D eigenvalue weighted by Crippen LogP contribution is -2.03. The quantitative estimate of drug-likeness (QED) is 0.659. The average Bonchev–Trinajstić information content (AvgIpc) is 2.35. The zero-order valence-electron chi connectivity index (χ0n) is 10.3. The number of nitrogens with two attached hydrogens (primary N) is 1. The van der Waals surface area contributed by atoms with Crippen LogP contribution in [0.15, 0.2) is 36.4 Å². The first-order valence-electron chi connectivity index (χ1n) is 5.66. The van der Waals surface area contributed by atoms with Gasteiger partial charge in [-0.1, -0.05) is 35.9 Å². The van der Waals surface area contributed by atoms with Crippen LogP contribution in [0.4, 0.5) is 5.69 Å². The van der Waals surface area contributed by atoms with Crippen molar-refractivity contribution in [3.63, 3.8) is 0 Å². The van der Waals surface area contributed by atoms with E-state index in [9.17, 15) is 4.79 Å². The molecule has 0 aliphatic heterocycles. The van der Waals surface area contributed by atoms with Crippen LogP contribution in [0.2, 0.25) is 5.02 Å². The Balaban J connectivity index is 2.41. The van der Waals surface area contributed by atoms with Crippen LogP contribution < -0.4 is 5.73 Å². The fourth-order valence-corrected chi connectivity index (χ4v) is 1.86. The van der Waals surface area contributed by atoms with Crippen LogP contribution in [0, 0.1) is 13.8 Å². The van der Waals surface area contributed by atoms with Crippen molar-refractivity contribution >= 4 is 23.1 Å². The molecule has 3 heteroatoms. The molecular formula is C15H14ClNO. The van der Waals surface area contributed by atoms with E-state index in [-0.39, 0.29) is 5.78 Å². The van der Waals surface area contributed by atoms with Crippen LogP contribution in [-0.2, 0) is 0 Å². The summed E-state index contributed by atoms with van der Waals surface area (Å²) in [6, 6.07) is 10.6. The summed E-state index contributed by atoms with van der Waals surface area (Å²) in [7, 11) is 0. The van der Waals surface area contributed by atoms with E-state index in [0.29, 0.717) is 21.8 Å². The minimum absolute atomic E-state index is 0.0661. The lowest BCUT2D eigenvalue weighted by molar-refractivity contribution is 0.103. The Morgan fingerprint density at radius 3 is 2.11 bits per heavy atom. The second-order valence-electron chi connectivity index (χ2n) is 4.36. The summed E-state index contributed by atoms with van der Waals surface area (Å²) in [6.45, 7) is 3.81. The molecule has 0 fully saturated rings. The van der Waals surface area contributed by atoms with E-state index in [1.165, 1.54) is 0 Å². The average molecular weight is 260 g/mol. The molecule has 0 saturated heterocycles. The number of benzene rings is 2. The van der Waals surface area contributed by atoms with Crippen LogP contribution in [0.1, 0.15) is 27.0 Å². The molecule has 92 valence electrons. The number of hydrogen-bond donors (Lipinski definition) is 1. The molecular weight excluding hydrogens is 246 g/mol. The van der Waals surface area contributed by atoms with Crippen LogP contribution in [0.25, 0.3) is 0 Å². The first-order valence-corrected chi connectivity index (χ1v) is 6.04. The van der Waals surface area contributed by atoms with E-state index in [4.69, 9.17) is 17.3 Å². The number of ketones is 1. The second-order valence-corrected chi connectivity index (χ2v) is 4.77. The molecule has 0 aromatic heterocycles. The lowest BCUT2D eigenvalue weighted by Gasteiger charge is -2.06. The zero-order valence-corrected chi connectivity index (χ0v) is 11.1. The van der Waals surface area contributed by atoms with E-state index >= 15 is 0 Å². The van der Waals surface area contributed by atoms with Gasteiger partial charge in [-0.15, -0.1) is 0 Å². The summed E-state index contributed by atoms with van der Waals surface area (Å²) >= 11 is 6.02. The SMILES string of the molecule is Cc1ccc(C(=O)c2ccc(C)c(Cl)c2)cc1N. The number of aryl methyl sites for hydroxylation is 2. The van der Waals surface area contributed by atoms with Gasteiger partial charge in [0.15, 0.2) is 5.78 Å². The first-order chi connectivity index (χ1) is 8.49. The summed E-state index contributed by atoms with van der Waals surface area (Å²) in [4.78, 5) is 12.3. The van der Waals surface area contributed by atoms with Crippen LogP contribution >= 0.6 is 11.6 Å². The Morgan fingerprint density at radius 2 is 1.56 bits per heavy atom. The molecule has 2 aromatic carbocycles. The summed E-state index contributed by atoms with van der Waals surface area (Å²) in [6.07, 6.45) is 0. The molecule has 0 atom stereocenters. The predicted octanol–water partition coefficient (Wildman–Crippen LogP) is 3.77. The smallest absolute Gasteiger partial charge is 0.193 e. The number of halogens is 1. The van der Waals surface area contributed by atoms with Crippen molar-refractivity contribution in [3.8, 4) is 0 Å². The molecule has 0 unspecified atom stereocenters. The third-order valence-electron chi connectivity index (χ3n) is 2.98. The third-order valence-corrected chi connectivity index (χ3v) is 3.38. The Hall–Kier alpha value is -1.80. The molecule has 0 spiro atoms. The predicted molar refractivity (Wildman–Crippen MR) is 75.2 cm³/mol. The minimum atomic E-state index is -0.0661. The molecule has 0 aliphatic carbocycles. The van der Waals surface area contributed by atoms with Crippen LogP contribution in [0.3, 0.4) is 0 Å². The maximum atomic E-state index is 12.3. The number of carbonyl (C=O) groups is 1. The van der Waals surface area contributed by atoms with Gasteiger partial charge in [0.1, 0.15) is 0 Å². The van der Waals surface area contributed by atoms with Crippen molar-refractivity contribution in [1.82, 2.24) is 0 Å². The fraction of sp³-hybridized carbons (Fsp3) is 0.133. The molecule has 2 rings (SSSR count). The molecule has 18 heavy (non-hydrogen) atoms. The Bertz CT molecular complexity index is 566. The maximum Gasteiger partial charge on any atom is 0.193 e. The van der Waals surface area contributed by atoms with Gasteiger partial charge in [0.05, 0.1) is 0 Å². The van der Waals surface area contributed by atoms with Gasteiger partial charge in [-0.3, -0.25) is 4.79 Å². The van der Waals surface area contributed by atoms with E-state index < -0.39 is 0 Å². The Labute approximate surface area is 111 Å². The molecule has 0 aliphatic rings. The molecule has 2 nitrogen and oxygen atoms in total. The molecule has 0 bridgehead atoms. The molecule has 0 radical (unpaired) electrons. The molecule has 0 saturated carbocycles. The summed E-state index contributed by atoms with van der Waals surface area (Å²) in [5.41, 5.74) is 9.52. The summed E-state index contributed by atoms with van der Waals surface area (Å²) in [5.74, 6) is -0.0661. The molecule has 2 N–H and O–H groups in total. The Morgan fingerprint density at radius 1 is 1.00 bits per heavy atom. The van der Waals surface area contributed by atoms with Gasteiger partial charge in [-0.2, -0.15) is 0 Å². The van der Waals surface area contributed by atoms with Gasteiger partial charge < -0.3 is 5.73 Å². The summed E-state index contributed by atoms with van der Waals surface area (Å²) in [5, 5.41) is 0.598. The van der Waals surface area contributed by atoms with Crippen molar-refractivity contribution in [2.45, 2.75) is 13.8 Å². The number of carbonyl (C=O) groups excluding carboxylic acids is 1.